The number of H-pyrrole nitrogens is 1. The summed E-state index contributed by atoms with van der Waals surface area (Å²) < 4.78 is 2.78. The van der Waals surface area contributed by atoms with E-state index in [1.54, 1.807) is 6.33 Å². The molecular weight excluding hydrogens is 170 g/mol. The van der Waals surface area contributed by atoms with Crippen LogP contribution in [0.5, 0.6) is 0 Å². The maximum atomic E-state index is 5.06. The first kappa shape index (κ1) is 7.98. The average Bonchev–Trinajstić information content (AvgIpc) is 2.65. The number of hydrogen-bond acceptors (Lipinski definition) is 2. The fourth-order valence-electron chi connectivity index (χ4n) is 1.87. The summed E-state index contributed by atoms with van der Waals surface area (Å²) in [6, 6.07) is 0. The summed E-state index contributed by atoms with van der Waals surface area (Å²) in [5.74, 6) is 0.828. The molecule has 0 bridgehead atoms. The van der Waals surface area contributed by atoms with Crippen molar-refractivity contribution in [3.63, 3.8) is 0 Å². The van der Waals surface area contributed by atoms with Crippen LogP contribution in [0.15, 0.2) is 6.33 Å². The molecule has 1 fully saturated rings. The van der Waals surface area contributed by atoms with E-state index < -0.39 is 0 Å². The third kappa shape index (κ3) is 1.58. The Hall–Kier alpha value is -0.640. The Morgan fingerprint density at radius 3 is 2.92 bits per heavy atom. The fourth-order valence-corrected chi connectivity index (χ4v) is 2.05. The molecule has 12 heavy (non-hydrogen) atoms. The van der Waals surface area contributed by atoms with Crippen molar-refractivity contribution in [1.82, 2.24) is 14.8 Å². The molecule has 2 rings (SSSR count). The van der Waals surface area contributed by atoms with Gasteiger partial charge in [-0.05, 0) is 31.0 Å². The first-order valence-corrected chi connectivity index (χ1v) is 4.87. The predicted octanol–water partition coefficient (Wildman–Crippen LogP) is 2.13. The molecule has 66 valence electrons. The van der Waals surface area contributed by atoms with E-state index in [0.717, 1.165) is 17.2 Å². The van der Waals surface area contributed by atoms with Crippen molar-refractivity contribution in [2.24, 2.45) is 5.92 Å². The highest BCUT2D eigenvalue weighted by Gasteiger charge is 2.15. The summed E-state index contributed by atoms with van der Waals surface area (Å²) in [5, 5.41) is 6.67. The van der Waals surface area contributed by atoms with Crippen molar-refractivity contribution in [1.29, 1.82) is 0 Å². The lowest BCUT2D eigenvalue weighted by Crippen LogP contribution is -2.06. The van der Waals surface area contributed by atoms with Crippen molar-refractivity contribution >= 4 is 12.2 Å². The topological polar surface area (TPSA) is 33.6 Å². The van der Waals surface area contributed by atoms with E-state index in [4.69, 9.17) is 12.2 Å². The van der Waals surface area contributed by atoms with Crippen LogP contribution in [0.4, 0.5) is 0 Å². The lowest BCUT2D eigenvalue weighted by molar-refractivity contribution is 0.453. The Morgan fingerprint density at radius 2 is 2.33 bits per heavy atom. The van der Waals surface area contributed by atoms with Crippen molar-refractivity contribution < 1.29 is 0 Å². The molecule has 0 aliphatic heterocycles. The van der Waals surface area contributed by atoms with Gasteiger partial charge in [-0.15, -0.1) is 0 Å². The number of aromatic nitrogens is 3. The minimum Gasteiger partial charge on any atom is -0.306 e. The summed E-state index contributed by atoms with van der Waals surface area (Å²) in [6.45, 7) is 1.05. The molecule has 1 aliphatic carbocycles. The lowest BCUT2D eigenvalue weighted by Gasteiger charge is -2.07. The second-order valence-electron chi connectivity index (χ2n) is 3.46. The average molecular weight is 183 g/mol. The van der Waals surface area contributed by atoms with Crippen LogP contribution >= 0.6 is 12.2 Å². The van der Waals surface area contributed by atoms with Crippen LogP contribution in [-0.4, -0.2) is 14.8 Å². The number of nitrogens with one attached hydrogen (secondary N) is 1. The van der Waals surface area contributed by atoms with E-state index in [-0.39, 0.29) is 0 Å². The SMILES string of the molecule is S=c1[nH]ncn1CC1CCCC1. The summed E-state index contributed by atoms with van der Waals surface area (Å²) >= 11 is 5.06. The molecule has 1 heterocycles. The molecule has 1 saturated carbocycles. The minimum atomic E-state index is 0.752. The first-order valence-electron chi connectivity index (χ1n) is 4.46. The maximum absolute atomic E-state index is 5.06. The Kier molecular flexibility index (Phi) is 2.26. The number of aromatic amines is 1. The molecule has 1 aromatic rings. The molecule has 4 heteroatoms. The highest BCUT2D eigenvalue weighted by Crippen LogP contribution is 2.25. The smallest absolute Gasteiger partial charge is 0.194 e. The second-order valence-corrected chi connectivity index (χ2v) is 3.85. The van der Waals surface area contributed by atoms with E-state index in [1.165, 1.54) is 25.7 Å². The van der Waals surface area contributed by atoms with Gasteiger partial charge in [0.25, 0.3) is 0 Å². The molecule has 0 saturated heterocycles. The molecule has 1 N–H and O–H groups in total. The summed E-state index contributed by atoms with van der Waals surface area (Å²) in [7, 11) is 0. The van der Waals surface area contributed by atoms with Gasteiger partial charge >= 0.3 is 0 Å². The number of rotatable bonds is 2. The van der Waals surface area contributed by atoms with Gasteiger partial charge < -0.3 is 4.57 Å². The predicted molar refractivity (Wildman–Crippen MR) is 49.4 cm³/mol. The summed E-state index contributed by atoms with van der Waals surface area (Å²) in [4.78, 5) is 0. The molecule has 1 aliphatic rings. The van der Waals surface area contributed by atoms with Crippen LogP contribution in [0.3, 0.4) is 0 Å². The fraction of sp³-hybridized carbons (Fsp3) is 0.750. The zero-order valence-corrected chi connectivity index (χ0v) is 7.81. The van der Waals surface area contributed by atoms with Crippen molar-refractivity contribution in [2.75, 3.05) is 0 Å². The van der Waals surface area contributed by atoms with Crippen molar-refractivity contribution in [3.8, 4) is 0 Å². The Labute approximate surface area is 76.8 Å². The molecule has 0 amide bonds. The Morgan fingerprint density at radius 1 is 1.58 bits per heavy atom. The molecule has 0 aromatic carbocycles. The molecule has 1 aromatic heterocycles. The second kappa shape index (κ2) is 3.39. The quantitative estimate of drug-likeness (QED) is 0.713. The maximum Gasteiger partial charge on any atom is 0.194 e. The van der Waals surface area contributed by atoms with Crippen LogP contribution in [0.1, 0.15) is 25.7 Å². The van der Waals surface area contributed by atoms with E-state index in [9.17, 15) is 0 Å². The van der Waals surface area contributed by atoms with Gasteiger partial charge in [-0.1, -0.05) is 12.8 Å². The van der Waals surface area contributed by atoms with E-state index in [2.05, 4.69) is 10.2 Å². The third-order valence-corrected chi connectivity index (χ3v) is 2.87. The normalized spacial score (nSPS) is 18.7. The van der Waals surface area contributed by atoms with Crippen LogP contribution in [0.2, 0.25) is 0 Å². The van der Waals surface area contributed by atoms with Crippen LogP contribution in [-0.2, 0) is 6.54 Å². The van der Waals surface area contributed by atoms with Gasteiger partial charge in [0.05, 0.1) is 0 Å². The van der Waals surface area contributed by atoms with Crippen molar-refractivity contribution in [2.45, 2.75) is 32.2 Å². The zero-order valence-electron chi connectivity index (χ0n) is 6.99. The van der Waals surface area contributed by atoms with Crippen LogP contribution in [0.25, 0.3) is 0 Å². The Bertz CT molecular complexity index is 295. The highest BCUT2D eigenvalue weighted by atomic mass is 32.1. The number of hydrogen-bond donors (Lipinski definition) is 1. The lowest BCUT2D eigenvalue weighted by atomic mass is 10.1. The largest absolute Gasteiger partial charge is 0.306 e. The van der Waals surface area contributed by atoms with E-state index >= 15 is 0 Å². The first-order chi connectivity index (χ1) is 5.86. The van der Waals surface area contributed by atoms with Gasteiger partial charge in [-0.3, -0.25) is 5.10 Å². The molecule has 0 radical (unpaired) electrons. The highest BCUT2D eigenvalue weighted by molar-refractivity contribution is 7.71. The van der Waals surface area contributed by atoms with E-state index in [0.29, 0.717) is 0 Å². The minimum absolute atomic E-state index is 0.752. The molecule has 3 nitrogen and oxygen atoms in total. The van der Waals surface area contributed by atoms with Crippen LogP contribution in [0, 0.1) is 10.7 Å². The zero-order chi connectivity index (χ0) is 8.39. The van der Waals surface area contributed by atoms with E-state index in [1.807, 2.05) is 4.57 Å². The van der Waals surface area contributed by atoms with Gasteiger partial charge in [0.2, 0.25) is 0 Å². The van der Waals surface area contributed by atoms with Gasteiger partial charge in [0.15, 0.2) is 4.77 Å². The molecule has 0 spiro atoms. The van der Waals surface area contributed by atoms with Crippen molar-refractivity contribution in [3.05, 3.63) is 11.1 Å². The monoisotopic (exact) mass is 183 g/mol. The van der Waals surface area contributed by atoms with Crippen LogP contribution < -0.4 is 0 Å². The molecule has 0 atom stereocenters. The number of nitrogens with zero attached hydrogens (tertiary/aromatic N) is 2. The van der Waals surface area contributed by atoms with Gasteiger partial charge in [0.1, 0.15) is 6.33 Å². The van der Waals surface area contributed by atoms with Gasteiger partial charge in [0, 0.05) is 6.54 Å². The molecular formula is C8H13N3S. The van der Waals surface area contributed by atoms with Gasteiger partial charge in [-0.25, -0.2) is 0 Å². The third-order valence-electron chi connectivity index (χ3n) is 2.55. The summed E-state index contributed by atoms with van der Waals surface area (Å²) in [6.07, 6.45) is 7.27. The van der Waals surface area contributed by atoms with Gasteiger partial charge in [-0.2, -0.15) is 5.10 Å². The Balaban J connectivity index is 2.03. The molecule has 0 unspecified atom stereocenters. The standard InChI is InChI=1S/C8H13N3S/c12-8-10-9-6-11(8)5-7-3-1-2-4-7/h6-7H,1-5H2,(H,10,12). The summed E-state index contributed by atoms with van der Waals surface area (Å²) in [5.41, 5.74) is 0.